The molecule has 108 valence electrons. The van der Waals surface area contributed by atoms with E-state index < -0.39 is 6.43 Å². The van der Waals surface area contributed by atoms with Gasteiger partial charge in [-0.05, 0) is 31.3 Å². The van der Waals surface area contributed by atoms with Crippen LogP contribution in [0.5, 0.6) is 5.75 Å². The van der Waals surface area contributed by atoms with Crippen LogP contribution in [0.4, 0.5) is 8.78 Å². The Kier molecular flexibility index (Phi) is 6.73. The molecule has 0 saturated heterocycles. The van der Waals surface area contributed by atoms with Crippen molar-refractivity contribution >= 4 is 0 Å². The van der Waals surface area contributed by atoms with E-state index in [1.807, 2.05) is 31.2 Å². The number of alkyl halides is 2. The van der Waals surface area contributed by atoms with Gasteiger partial charge in [-0.25, -0.2) is 8.78 Å². The highest BCUT2D eigenvalue weighted by molar-refractivity contribution is 5.30. The van der Waals surface area contributed by atoms with E-state index in [0.717, 1.165) is 17.9 Å². The Bertz CT molecular complexity index is 374. The number of halogens is 2. The highest BCUT2D eigenvalue weighted by Crippen LogP contribution is 2.20. The normalized spacial score (nSPS) is 13.0. The molecule has 0 aliphatic rings. The Balaban J connectivity index is 2.75. The summed E-state index contributed by atoms with van der Waals surface area (Å²) in [6, 6.07) is 7.71. The van der Waals surface area contributed by atoms with E-state index in [-0.39, 0.29) is 12.6 Å². The molecule has 0 saturated carbocycles. The van der Waals surface area contributed by atoms with Crippen LogP contribution in [0.1, 0.15) is 18.5 Å². The standard InChI is InChI=1S/C14H22F2N2O/c1-4-17-13(9-18(2)10-14(15)16)11-6-5-7-12(8-11)19-3/h5-8,13-14,17H,4,9-10H2,1-3H3. The van der Waals surface area contributed by atoms with Crippen LogP contribution < -0.4 is 10.1 Å². The predicted molar refractivity (Wildman–Crippen MR) is 72.9 cm³/mol. The van der Waals surface area contributed by atoms with Gasteiger partial charge in [-0.15, -0.1) is 0 Å². The molecule has 0 heterocycles. The zero-order valence-electron chi connectivity index (χ0n) is 11.7. The first-order valence-corrected chi connectivity index (χ1v) is 6.40. The Morgan fingerprint density at radius 3 is 2.63 bits per heavy atom. The summed E-state index contributed by atoms with van der Waals surface area (Å²) in [7, 11) is 3.32. The summed E-state index contributed by atoms with van der Waals surface area (Å²) < 4.78 is 29.9. The third-order valence-electron chi connectivity index (χ3n) is 2.89. The van der Waals surface area contributed by atoms with Crippen LogP contribution in [0, 0.1) is 0 Å². The van der Waals surface area contributed by atoms with Crippen LogP contribution in [0.3, 0.4) is 0 Å². The fraction of sp³-hybridized carbons (Fsp3) is 0.571. The van der Waals surface area contributed by atoms with Crippen LogP contribution in [0.15, 0.2) is 24.3 Å². The summed E-state index contributed by atoms with van der Waals surface area (Å²) in [6.07, 6.45) is -2.31. The van der Waals surface area contributed by atoms with Gasteiger partial charge in [0, 0.05) is 12.6 Å². The van der Waals surface area contributed by atoms with Gasteiger partial charge in [0.1, 0.15) is 5.75 Å². The zero-order valence-corrected chi connectivity index (χ0v) is 11.7. The van der Waals surface area contributed by atoms with E-state index in [1.54, 1.807) is 19.1 Å². The van der Waals surface area contributed by atoms with Gasteiger partial charge < -0.3 is 10.1 Å². The lowest BCUT2D eigenvalue weighted by Gasteiger charge is -2.25. The molecule has 0 aliphatic carbocycles. The zero-order chi connectivity index (χ0) is 14.3. The second-order valence-electron chi connectivity index (χ2n) is 4.50. The van der Waals surface area contributed by atoms with E-state index >= 15 is 0 Å². The summed E-state index contributed by atoms with van der Waals surface area (Å²) >= 11 is 0. The van der Waals surface area contributed by atoms with Crippen LogP contribution >= 0.6 is 0 Å². The summed E-state index contributed by atoms with van der Waals surface area (Å²) in [4.78, 5) is 1.64. The smallest absolute Gasteiger partial charge is 0.251 e. The van der Waals surface area contributed by atoms with E-state index in [0.29, 0.717) is 6.54 Å². The van der Waals surface area contributed by atoms with Crippen molar-refractivity contribution in [1.82, 2.24) is 10.2 Å². The van der Waals surface area contributed by atoms with Crippen molar-refractivity contribution in [3.05, 3.63) is 29.8 Å². The van der Waals surface area contributed by atoms with E-state index in [4.69, 9.17) is 4.74 Å². The summed E-state index contributed by atoms with van der Waals surface area (Å²) in [5, 5.41) is 3.31. The molecule has 0 bridgehead atoms. The number of ether oxygens (including phenoxy) is 1. The second-order valence-corrected chi connectivity index (χ2v) is 4.50. The third-order valence-corrected chi connectivity index (χ3v) is 2.89. The number of methoxy groups -OCH3 is 1. The van der Waals surface area contributed by atoms with Crippen molar-refractivity contribution in [2.45, 2.75) is 19.4 Å². The molecule has 0 aliphatic heterocycles. The van der Waals surface area contributed by atoms with Crippen LogP contribution in [0.2, 0.25) is 0 Å². The third kappa shape index (κ3) is 5.53. The predicted octanol–water partition coefficient (Wildman–Crippen LogP) is 2.54. The number of benzene rings is 1. The van der Waals surface area contributed by atoms with E-state index in [9.17, 15) is 8.78 Å². The summed E-state index contributed by atoms with van der Waals surface area (Å²) in [5.41, 5.74) is 1.04. The Morgan fingerprint density at radius 2 is 2.05 bits per heavy atom. The average molecular weight is 272 g/mol. The quantitative estimate of drug-likeness (QED) is 0.787. The highest BCUT2D eigenvalue weighted by Gasteiger charge is 2.16. The number of nitrogens with one attached hydrogen (secondary N) is 1. The molecule has 1 N–H and O–H groups in total. The number of nitrogens with zero attached hydrogens (tertiary/aromatic N) is 1. The molecule has 19 heavy (non-hydrogen) atoms. The van der Waals surface area contributed by atoms with Crippen LogP contribution in [0.25, 0.3) is 0 Å². The lowest BCUT2D eigenvalue weighted by Crippen LogP contribution is -2.35. The van der Waals surface area contributed by atoms with Gasteiger partial charge in [0.05, 0.1) is 13.7 Å². The maximum atomic E-state index is 12.4. The van der Waals surface area contributed by atoms with Crippen molar-refractivity contribution in [3.63, 3.8) is 0 Å². The molecule has 3 nitrogen and oxygen atoms in total. The monoisotopic (exact) mass is 272 g/mol. The maximum Gasteiger partial charge on any atom is 0.251 e. The molecule has 5 heteroatoms. The van der Waals surface area contributed by atoms with E-state index in [2.05, 4.69) is 5.32 Å². The number of likely N-dealkylation sites (N-methyl/N-ethyl adjacent to an activating group) is 2. The minimum Gasteiger partial charge on any atom is -0.497 e. The van der Waals surface area contributed by atoms with Gasteiger partial charge >= 0.3 is 0 Å². The molecule has 1 aromatic carbocycles. The average Bonchev–Trinajstić information content (AvgIpc) is 2.37. The van der Waals surface area contributed by atoms with E-state index in [1.165, 1.54) is 0 Å². The molecule has 1 atom stereocenters. The first kappa shape index (κ1) is 15.9. The van der Waals surface area contributed by atoms with Gasteiger partial charge in [0.15, 0.2) is 0 Å². The lowest BCUT2D eigenvalue weighted by molar-refractivity contribution is 0.0959. The van der Waals surface area contributed by atoms with Crippen molar-refractivity contribution in [1.29, 1.82) is 0 Å². The topological polar surface area (TPSA) is 24.5 Å². The summed E-state index contributed by atoms with van der Waals surface area (Å²) in [5.74, 6) is 0.775. The molecule has 1 unspecified atom stereocenters. The molecule has 0 spiro atoms. The van der Waals surface area contributed by atoms with Crippen molar-refractivity contribution < 1.29 is 13.5 Å². The Morgan fingerprint density at radius 1 is 1.32 bits per heavy atom. The van der Waals surface area contributed by atoms with Gasteiger partial charge in [-0.2, -0.15) is 0 Å². The molecule has 0 aromatic heterocycles. The number of rotatable bonds is 8. The molecule has 0 radical (unpaired) electrons. The first-order valence-electron chi connectivity index (χ1n) is 6.40. The molecular formula is C14H22F2N2O. The fourth-order valence-electron chi connectivity index (χ4n) is 2.01. The molecule has 0 amide bonds. The number of hydrogen-bond acceptors (Lipinski definition) is 3. The SMILES string of the molecule is CCNC(CN(C)CC(F)F)c1cccc(OC)c1. The maximum absolute atomic E-state index is 12.4. The summed E-state index contributed by atoms with van der Waals surface area (Å²) in [6.45, 7) is 3.10. The van der Waals surface area contributed by atoms with Crippen molar-refractivity contribution in [2.75, 3.05) is 33.8 Å². The van der Waals surface area contributed by atoms with Gasteiger partial charge in [0.2, 0.25) is 0 Å². The van der Waals surface area contributed by atoms with Crippen LogP contribution in [-0.4, -0.2) is 45.1 Å². The fourth-order valence-corrected chi connectivity index (χ4v) is 2.01. The minimum atomic E-state index is -2.31. The van der Waals surface area contributed by atoms with Gasteiger partial charge in [-0.3, -0.25) is 4.90 Å². The van der Waals surface area contributed by atoms with Crippen molar-refractivity contribution in [3.8, 4) is 5.75 Å². The largest absolute Gasteiger partial charge is 0.497 e. The van der Waals surface area contributed by atoms with Crippen LogP contribution in [-0.2, 0) is 0 Å². The Labute approximate surface area is 113 Å². The molecule has 1 rings (SSSR count). The lowest BCUT2D eigenvalue weighted by atomic mass is 10.1. The Hall–Kier alpha value is -1.20. The van der Waals surface area contributed by atoms with Gasteiger partial charge in [0.25, 0.3) is 6.43 Å². The minimum absolute atomic E-state index is 0.0175. The first-order chi connectivity index (χ1) is 9.06. The number of hydrogen-bond donors (Lipinski definition) is 1. The van der Waals surface area contributed by atoms with Crippen molar-refractivity contribution in [2.24, 2.45) is 0 Å². The second kappa shape index (κ2) is 8.07. The molecule has 1 aromatic rings. The highest BCUT2D eigenvalue weighted by atomic mass is 19.3. The molecular weight excluding hydrogens is 250 g/mol. The van der Waals surface area contributed by atoms with Gasteiger partial charge in [-0.1, -0.05) is 19.1 Å². The molecule has 0 fully saturated rings.